The van der Waals surface area contributed by atoms with Crippen molar-refractivity contribution >= 4 is 17.7 Å². The molecule has 0 radical (unpaired) electrons. The summed E-state index contributed by atoms with van der Waals surface area (Å²) in [4.78, 5) is 14.6. The highest BCUT2D eigenvalue weighted by molar-refractivity contribution is 7.99. The van der Waals surface area contributed by atoms with Crippen molar-refractivity contribution in [1.82, 2.24) is 19.7 Å². The Morgan fingerprint density at radius 1 is 1.19 bits per heavy atom. The fraction of sp³-hybridized carbons (Fsp3) is 0.571. The van der Waals surface area contributed by atoms with Crippen LogP contribution in [-0.2, 0) is 17.3 Å². The van der Waals surface area contributed by atoms with Crippen molar-refractivity contribution in [2.45, 2.75) is 63.6 Å². The van der Waals surface area contributed by atoms with Gasteiger partial charge in [0.25, 0.3) is 0 Å². The second kappa shape index (κ2) is 8.05. The van der Waals surface area contributed by atoms with Crippen molar-refractivity contribution in [3.8, 4) is 11.4 Å². The lowest BCUT2D eigenvalue weighted by Crippen LogP contribution is -2.42. The predicted molar refractivity (Wildman–Crippen MR) is 111 cm³/mol. The van der Waals surface area contributed by atoms with Crippen LogP contribution >= 0.6 is 11.8 Å². The van der Waals surface area contributed by atoms with E-state index in [0.29, 0.717) is 11.8 Å². The number of carbonyl (C=O) groups excluding carboxylic acids is 1. The summed E-state index contributed by atoms with van der Waals surface area (Å²) in [5, 5.41) is 9.44. The lowest BCUT2D eigenvalue weighted by atomic mass is 9.87. The van der Waals surface area contributed by atoms with E-state index in [1.165, 1.54) is 23.7 Å². The van der Waals surface area contributed by atoms with E-state index < -0.39 is 0 Å². The number of likely N-dealkylation sites (tertiary alicyclic amines) is 1. The quantitative estimate of drug-likeness (QED) is 0.736. The number of piperidine rings is 1. The first-order chi connectivity index (χ1) is 12.8. The monoisotopic (exact) mass is 386 g/mol. The van der Waals surface area contributed by atoms with Crippen molar-refractivity contribution in [3.05, 3.63) is 29.8 Å². The fourth-order valence-electron chi connectivity index (χ4n) is 3.49. The van der Waals surface area contributed by atoms with E-state index in [4.69, 9.17) is 0 Å². The molecule has 1 saturated heterocycles. The van der Waals surface area contributed by atoms with E-state index in [-0.39, 0.29) is 11.3 Å². The molecule has 1 aromatic heterocycles. The number of amides is 1. The molecule has 146 valence electrons. The molecular weight excluding hydrogens is 356 g/mol. The van der Waals surface area contributed by atoms with Crippen molar-refractivity contribution in [1.29, 1.82) is 0 Å². The van der Waals surface area contributed by atoms with Gasteiger partial charge >= 0.3 is 0 Å². The molecule has 0 unspecified atom stereocenters. The molecule has 0 saturated carbocycles. The van der Waals surface area contributed by atoms with Crippen LogP contribution in [0.15, 0.2) is 29.4 Å². The molecule has 1 fully saturated rings. The molecule has 0 spiro atoms. The number of hydrogen-bond donors (Lipinski definition) is 0. The number of rotatable bonds is 4. The minimum Gasteiger partial charge on any atom is -0.339 e. The van der Waals surface area contributed by atoms with Crippen LogP contribution in [0.3, 0.4) is 0 Å². The lowest BCUT2D eigenvalue weighted by Gasteiger charge is -2.33. The summed E-state index contributed by atoms with van der Waals surface area (Å²) in [5.41, 5.74) is 2.47. The number of aromatic nitrogens is 3. The van der Waals surface area contributed by atoms with Crippen LogP contribution in [0, 0.1) is 0 Å². The molecule has 2 heterocycles. The van der Waals surface area contributed by atoms with E-state index in [0.717, 1.165) is 35.9 Å². The predicted octanol–water partition coefficient (Wildman–Crippen LogP) is 4.27. The molecular formula is C21H30N4OS. The van der Waals surface area contributed by atoms with Gasteiger partial charge in [0.1, 0.15) is 0 Å². The van der Waals surface area contributed by atoms with Crippen molar-refractivity contribution in [2.24, 2.45) is 7.05 Å². The van der Waals surface area contributed by atoms with Crippen LogP contribution in [0.5, 0.6) is 0 Å². The third-order valence-electron chi connectivity index (χ3n) is 5.29. The molecule has 1 aromatic carbocycles. The van der Waals surface area contributed by atoms with Crippen molar-refractivity contribution < 1.29 is 4.79 Å². The standard InChI is InChI=1S/C21H30N4OS/c1-15-8-6-7-13-25(15)18(26)14-27-20-23-22-19(24(20)5)16-9-11-17(12-10-16)21(2,3)4/h9-12,15H,6-8,13-14H2,1-5H3/t15-/m1/s1. The Bertz CT molecular complexity index is 792. The highest BCUT2D eigenvalue weighted by atomic mass is 32.2. The number of benzene rings is 1. The Labute approximate surface area is 166 Å². The number of hydrogen-bond acceptors (Lipinski definition) is 4. The van der Waals surface area contributed by atoms with Gasteiger partial charge in [-0.25, -0.2) is 0 Å². The average Bonchev–Trinajstić information content (AvgIpc) is 3.00. The lowest BCUT2D eigenvalue weighted by molar-refractivity contribution is -0.131. The van der Waals surface area contributed by atoms with Gasteiger partial charge in [-0.3, -0.25) is 4.79 Å². The van der Waals surface area contributed by atoms with Crippen LogP contribution in [0.2, 0.25) is 0 Å². The van der Waals surface area contributed by atoms with E-state index in [1.807, 2.05) is 16.5 Å². The van der Waals surface area contributed by atoms with E-state index >= 15 is 0 Å². The molecule has 0 aliphatic carbocycles. The van der Waals surface area contributed by atoms with Crippen LogP contribution < -0.4 is 0 Å². The minimum atomic E-state index is 0.130. The van der Waals surface area contributed by atoms with Gasteiger partial charge in [-0.05, 0) is 37.2 Å². The zero-order valence-corrected chi connectivity index (χ0v) is 17.8. The maximum atomic E-state index is 12.5. The highest BCUT2D eigenvalue weighted by Crippen LogP contribution is 2.27. The van der Waals surface area contributed by atoms with Crippen molar-refractivity contribution in [2.75, 3.05) is 12.3 Å². The first kappa shape index (κ1) is 19.9. The fourth-order valence-corrected chi connectivity index (χ4v) is 4.29. The van der Waals surface area contributed by atoms with Gasteiger partial charge in [-0.15, -0.1) is 10.2 Å². The smallest absolute Gasteiger partial charge is 0.233 e. The van der Waals surface area contributed by atoms with Gasteiger partial charge in [0.2, 0.25) is 5.91 Å². The molecule has 1 aliphatic rings. The average molecular weight is 387 g/mol. The zero-order chi connectivity index (χ0) is 19.6. The third kappa shape index (κ3) is 4.54. The second-order valence-electron chi connectivity index (χ2n) is 8.41. The molecule has 0 bridgehead atoms. The molecule has 6 heteroatoms. The molecule has 5 nitrogen and oxygen atoms in total. The van der Waals surface area contributed by atoms with Gasteiger partial charge in [0.15, 0.2) is 11.0 Å². The Morgan fingerprint density at radius 3 is 2.52 bits per heavy atom. The number of thioether (sulfide) groups is 1. The third-order valence-corrected chi connectivity index (χ3v) is 6.30. The topological polar surface area (TPSA) is 51.0 Å². The normalized spacial score (nSPS) is 18.0. The summed E-state index contributed by atoms with van der Waals surface area (Å²) >= 11 is 1.47. The molecule has 1 aliphatic heterocycles. The number of carbonyl (C=O) groups is 1. The second-order valence-corrected chi connectivity index (χ2v) is 9.36. The van der Waals surface area contributed by atoms with Gasteiger partial charge < -0.3 is 9.47 Å². The minimum absolute atomic E-state index is 0.130. The Morgan fingerprint density at radius 2 is 1.89 bits per heavy atom. The van der Waals surface area contributed by atoms with Gasteiger partial charge in [-0.1, -0.05) is 56.8 Å². The van der Waals surface area contributed by atoms with Gasteiger partial charge in [-0.2, -0.15) is 0 Å². The summed E-state index contributed by atoms with van der Waals surface area (Å²) in [6.07, 6.45) is 3.44. The summed E-state index contributed by atoms with van der Waals surface area (Å²) < 4.78 is 1.98. The SMILES string of the molecule is C[C@@H]1CCCCN1C(=O)CSc1nnc(-c2ccc(C(C)(C)C)cc2)n1C. The van der Waals surface area contributed by atoms with Crippen LogP contribution in [0.4, 0.5) is 0 Å². The Hall–Kier alpha value is -1.82. The Kier molecular flexibility index (Phi) is 5.94. The van der Waals surface area contributed by atoms with Gasteiger partial charge in [0.05, 0.1) is 5.75 Å². The summed E-state index contributed by atoms with van der Waals surface area (Å²) in [5.74, 6) is 1.45. The molecule has 3 rings (SSSR count). The molecule has 1 amide bonds. The maximum absolute atomic E-state index is 12.5. The number of nitrogens with zero attached hydrogens (tertiary/aromatic N) is 4. The Balaban J connectivity index is 1.67. The van der Waals surface area contributed by atoms with Crippen molar-refractivity contribution in [3.63, 3.8) is 0 Å². The van der Waals surface area contributed by atoms with Crippen LogP contribution in [0.1, 0.15) is 52.5 Å². The molecule has 0 N–H and O–H groups in total. The molecule has 1 atom stereocenters. The van der Waals surface area contributed by atoms with E-state index in [1.54, 1.807) is 0 Å². The maximum Gasteiger partial charge on any atom is 0.233 e. The van der Waals surface area contributed by atoms with Crippen LogP contribution in [0.25, 0.3) is 11.4 Å². The first-order valence-electron chi connectivity index (χ1n) is 9.70. The summed E-state index contributed by atoms with van der Waals surface area (Å²) in [6.45, 7) is 9.64. The largest absolute Gasteiger partial charge is 0.339 e. The summed E-state index contributed by atoms with van der Waals surface area (Å²) in [6, 6.07) is 8.85. The first-order valence-corrected chi connectivity index (χ1v) is 10.7. The molecule has 2 aromatic rings. The van der Waals surface area contributed by atoms with E-state index in [2.05, 4.69) is 62.2 Å². The van der Waals surface area contributed by atoms with Gasteiger partial charge in [0, 0.05) is 25.2 Å². The van der Waals surface area contributed by atoms with Crippen LogP contribution in [-0.4, -0.2) is 43.9 Å². The zero-order valence-electron chi connectivity index (χ0n) is 17.0. The highest BCUT2D eigenvalue weighted by Gasteiger charge is 2.24. The molecule has 27 heavy (non-hydrogen) atoms. The van der Waals surface area contributed by atoms with E-state index in [9.17, 15) is 4.79 Å². The summed E-state index contributed by atoms with van der Waals surface area (Å²) in [7, 11) is 1.96.